The molecule has 0 heterocycles. The molecule has 2 rings (SSSR count). The Bertz CT molecular complexity index is 768. The maximum Gasteiger partial charge on any atom is 0.262 e. The van der Waals surface area contributed by atoms with Crippen LogP contribution in [0.3, 0.4) is 0 Å². The van der Waals surface area contributed by atoms with Gasteiger partial charge in [-0.15, -0.1) is 0 Å². The first-order chi connectivity index (χ1) is 9.29. The zero-order chi connectivity index (χ0) is 14.9. The van der Waals surface area contributed by atoms with Crippen LogP contribution in [-0.2, 0) is 10.0 Å². The van der Waals surface area contributed by atoms with Gasteiger partial charge >= 0.3 is 0 Å². The van der Waals surface area contributed by atoms with Crippen LogP contribution in [0.25, 0.3) is 0 Å². The first-order valence-corrected chi connectivity index (χ1v) is 9.06. The first-order valence-electron chi connectivity index (χ1n) is 5.32. The van der Waals surface area contributed by atoms with Gasteiger partial charge in [0.15, 0.2) is 0 Å². The highest BCUT2D eigenvalue weighted by molar-refractivity contribution is 14.1. The van der Waals surface area contributed by atoms with E-state index in [0.29, 0.717) is 20.9 Å². The van der Waals surface area contributed by atoms with E-state index in [0.717, 1.165) is 3.57 Å². The topological polar surface area (TPSA) is 72.2 Å². The van der Waals surface area contributed by atoms with Crippen molar-refractivity contribution in [2.45, 2.75) is 4.90 Å². The molecule has 20 heavy (non-hydrogen) atoms. The fourth-order valence-corrected chi connectivity index (χ4v) is 3.79. The summed E-state index contributed by atoms with van der Waals surface area (Å²) in [4.78, 5) is 0.0767. The third-order valence-electron chi connectivity index (χ3n) is 2.45. The maximum atomic E-state index is 12.3. The molecular formula is C12H9BrClIN2O2S. The lowest BCUT2D eigenvalue weighted by molar-refractivity contribution is 0.601. The molecule has 0 saturated heterocycles. The van der Waals surface area contributed by atoms with E-state index in [9.17, 15) is 8.42 Å². The van der Waals surface area contributed by atoms with E-state index in [-0.39, 0.29) is 4.90 Å². The third kappa shape index (κ3) is 3.57. The van der Waals surface area contributed by atoms with E-state index >= 15 is 0 Å². The van der Waals surface area contributed by atoms with E-state index in [1.165, 1.54) is 12.1 Å². The van der Waals surface area contributed by atoms with Crippen molar-refractivity contribution in [2.24, 2.45) is 0 Å². The fraction of sp³-hybridized carbons (Fsp3) is 0. The van der Waals surface area contributed by atoms with Gasteiger partial charge in [0.25, 0.3) is 10.0 Å². The summed E-state index contributed by atoms with van der Waals surface area (Å²) in [6, 6.07) is 9.48. The molecule has 0 spiro atoms. The van der Waals surface area contributed by atoms with Gasteiger partial charge in [0.2, 0.25) is 0 Å². The van der Waals surface area contributed by atoms with Crippen molar-refractivity contribution < 1.29 is 8.42 Å². The summed E-state index contributed by atoms with van der Waals surface area (Å²) in [6.45, 7) is 0. The van der Waals surface area contributed by atoms with Gasteiger partial charge in [-0.3, -0.25) is 4.72 Å². The van der Waals surface area contributed by atoms with Crippen LogP contribution in [0.1, 0.15) is 0 Å². The summed E-state index contributed by atoms with van der Waals surface area (Å²) in [6.07, 6.45) is 0. The minimum atomic E-state index is -3.73. The molecule has 0 aliphatic heterocycles. The molecule has 106 valence electrons. The number of nitrogen functional groups attached to an aromatic ring is 1. The van der Waals surface area contributed by atoms with Gasteiger partial charge in [-0.05, 0) is 74.9 Å². The van der Waals surface area contributed by atoms with Gasteiger partial charge in [-0.25, -0.2) is 8.42 Å². The average molecular weight is 488 g/mol. The van der Waals surface area contributed by atoms with Gasteiger partial charge in [-0.1, -0.05) is 11.6 Å². The predicted molar refractivity (Wildman–Crippen MR) is 93.5 cm³/mol. The summed E-state index contributed by atoms with van der Waals surface area (Å²) < 4.78 is 28.5. The lowest BCUT2D eigenvalue weighted by Crippen LogP contribution is -2.13. The number of hydrogen-bond acceptors (Lipinski definition) is 3. The Kier molecular flexibility index (Phi) is 4.83. The van der Waals surface area contributed by atoms with Gasteiger partial charge < -0.3 is 5.73 Å². The Hall–Kier alpha value is -0.510. The first kappa shape index (κ1) is 15.9. The number of anilines is 2. The predicted octanol–water partition coefficient (Wildman–Crippen LogP) is 4.09. The highest BCUT2D eigenvalue weighted by atomic mass is 127. The smallest absolute Gasteiger partial charge is 0.262 e. The number of sulfonamides is 1. The van der Waals surface area contributed by atoms with Crippen molar-refractivity contribution in [3.05, 3.63) is 49.5 Å². The summed E-state index contributed by atoms with van der Waals surface area (Å²) in [5.74, 6) is 0. The Morgan fingerprint density at radius 2 is 1.90 bits per heavy atom. The molecule has 0 unspecified atom stereocenters. The molecule has 0 radical (unpaired) electrons. The lowest BCUT2D eigenvalue weighted by Gasteiger charge is -2.10. The van der Waals surface area contributed by atoms with E-state index in [1.54, 1.807) is 24.3 Å². The van der Waals surface area contributed by atoms with Crippen LogP contribution in [0, 0.1) is 3.57 Å². The van der Waals surface area contributed by atoms with E-state index in [2.05, 4.69) is 43.2 Å². The van der Waals surface area contributed by atoms with Gasteiger partial charge in [0, 0.05) is 13.7 Å². The monoisotopic (exact) mass is 486 g/mol. The standard InChI is InChI=1S/C12H9BrClIN2O2S/c13-9-3-2-8(6-11(9)16)20(18,19)17-12-4-1-7(15)5-10(12)14/h1-6,17H,16H2. The highest BCUT2D eigenvalue weighted by Gasteiger charge is 2.16. The zero-order valence-corrected chi connectivity index (χ0v) is 15.2. The molecule has 0 amide bonds. The van der Waals surface area contributed by atoms with Crippen molar-refractivity contribution in [2.75, 3.05) is 10.5 Å². The van der Waals surface area contributed by atoms with Crippen molar-refractivity contribution in [3.63, 3.8) is 0 Å². The Labute approximate surface area is 144 Å². The average Bonchev–Trinajstić information content (AvgIpc) is 2.36. The molecule has 0 aliphatic rings. The molecular weight excluding hydrogens is 478 g/mol. The van der Waals surface area contributed by atoms with Crippen LogP contribution in [-0.4, -0.2) is 8.42 Å². The van der Waals surface area contributed by atoms with E-state index in [4.69, 9.17) is 17.3 Å². The summed E-state index contributed by atoms with van der Waals surface area (Å²) >= 11 is 11.3. The van der Waals surface area contributed by atoms with Crippen LogP contribution >= 0.6 is 50.1 Å². The van der Waals surface area contributed by atoms with Gasteiger partial charge in [0.05, 0.1) is 15.6 Å². The van der Waals surface area contributed by atoms with Gasteiger partial charge in [0.1, 0.15) is 0 Å². The molecule has 0 aromatic heterocycles. The lowest BCUT2D eigenvalue weighted by atomic mass is 10.3. The quantitative estimate of drug-likeness (QED) is 0.506. The van der Waals surface area contributed by atoms with Crippen LogP contribution in [0.15, 0.2) is 45.8 Å². The molecule has 0 saturated carbocycles. The maximum absolute atomic E-state index is 12.3. The minimum absolute atomic E-state index is 0.0767. The fourth-order valence-electron chi connectivity index (χ4n) is 1.46. The molecule has 4 nitrogen and oxygen atoms in total. The van der Waals surface area contributed by atoms with E-state index in [1.807, 2.05) is 0 Å². The molecule has 0 bridgehead atoms. The SMILES string of the molecule is Nc1cc(S(=O)(=O)Nc2ccc(I)cc2Cl)ccc1Br. The summed E-state index contributed by atoms with van der Waals surface area (Å²) in [7, 11) is -3.73. The Balaban J connectivity index is 2.38. The number of hydrogen-bond donors (Lipinski definition) is 2. The molecule has 3 N–H and O–H groups in total. The van der Waals surface area contributed by atoms with Crippen LogP contribution in [0.5, 0.6) is 0 Å². The van der Waals surface area contributed by atoms with Crippen molar-refractivity contribution >= 4 is 71.5 Å². The third-order valence-corrected chi connectivity index (χ3v) is 5.52. The van der Waals surface area contributed by atoms with Crippen molar-refractivity contribution in [3.8, 4) is 0 Å². The van der Waals surface area contributed by atoms with Crippen LogP contribution in [0.2, 0.25) is 5.02 Å². The molecule has 8 heteroatoms. The normalized spacial score (nSPS) is 11.3. The van der Waals surface area contributed by atoms with Crippen molar-refractivity contribution in [1.29, 1.82) is 0 Å². The van der Waals surface area contributed by atoms with Crippen molar-refractivity contribution in [1.82, 2.24) is 0 Å². The molecule has 0 atom stereocenters. The highest BCUT2D eigenvalue weighted by Crippen LogP contribution is 2.28. The number of rotatable bonds is 3. The number of nitrogens with one attached hydrogen (secondary N) is 1. The summed E-state index contributed by atoms with van der Waals surface area (Å²) in [5, 5.41) is 0.338. The number of nitrogens with two attached hydrogens (primary N) is 1. The largest absolute Gasteiger partial charge is 0.398 e. The molecule has 2 aromatic carbocycles. The number of benzene rings is 2. The second kappa shape index (κ2) is 6.08. The molecule has 0 aliphatic carbocycles. The zero-order valence-electron chi connectivity index (χ0n) is 9.90. The number of halogens is 3. The van der Waals surface area contributed by atoms with Crippen LogP contribution in [0.4, 0.5) is 11.4 Å². The second-order valence-electron chi connectivity index (χ2n) is 3.91. The van der Waals surface area contributed by atoms with Gasteiger partial charge in [-0.2, -0.15) is 0 Å². The second-order valence-corrected chi connectivity index (χ2v) is 8.10. The van der Waals surface area contributed by atoms with E-state index < -0.39 is 10.0 Å². The van der Waals surface area contributed by atoms with Crippen LogP contribution < -0.4 is 10.5 Å². The Morgan fingerprint density at radius 1 is 1.20 bits per heavy atom. The Morgan fingerprint density at radius 3 is 2.50 bits per heavy atom. The minimum Gasteiger partial charge on any atom is -0.398 e. The summed E-state index contributed by atoms with van der Waals surface area (Å²) in [5.41, 5.74) is 6.37. The molecule has 2 aromatic rings. The molecule has 0 fully saturated rings.